The molecule has 2 N–H and O–H groups in total. The van der Waals surface area contributed by atoms with Gasteiger partial charge in [0.05, 0.1) is 18.3 Å². The lowest BCUT2D eigenvalue weighted by Gasteiger charge is -2.27. The van der Waals surface area contributed by atoms with E-state index in [-0.39, 0.29) is 18.2 Å². The molecule has 0 aliphatic heterocycles. The van der Waals surface area contributed by atoms with Crippen LogP contribution < -0.4 is 0 Å². The van der Waals surface area contributed by atoms with Crippen molar-refractivity contribution >= 4 is 11.6 Å². The van der Waals surface area contributed by atoms with Gasteiger partial charge >= 0.3 is 0 Å². The van der Waals surface area contributed by atoms with Crippen molar-refractivity contribution in [1.82, 2.24) is 14.9 Å². The number of Topliss-reactive ketones (excluding diaryl/α,β-unsaturated/α-hetero) is 2. The molecule has 6 heteroatoms. The molecule has 6 nitrogen and oxygen atoms in total. The zero-order valence-electron chi connectivity index (χ0n) is 15.2. The van der Waals surface area contributed by atoms with Crippen LogP contribution in [0.4, 0.5) is 0 Å². The third-order valence-electron chi connectivity index (χ3n) is 4.46. The van der Waals surface area contributed by atoms with Crippen LogP contribution in [0.15, 0.2) is 24.5 Å². The summed E-state index contributed by atoms with van der Waals surface area (Å²) in [5, 5.41) is 9.37. The molecule has 0 amide bonds. The van der Waals surface area contributed by atoms with Crippen LogP contribution in [0.3, 0.4) is 0 Å². The molecule has 0 saturated heterocycles. The maximum atomic E-state index is 13.0. The number of ketones is 2. The average molecular weight is 343 g/mol. The Bertz CT molecular complexity index is 753. The number of aliphatic hydroxyl groups excluding tert-OH is 1. The first-order valence-electron chi connectivity index (χ1n) is 8.35. The highest BCUT2D eigenvalue weighted by atomic mass is 16.3. The lowest BCUT2D eigenvalue weighted by Crippen LogP contribution is -2.40. The van der Waals surface area contributed by atoms with Crippen LogP contribution >= 0.6 is 0 Å². The molecule has 2 aromatic heterocycles. The fourth-order valence-electron chi connectivity index (χ4n) is 3.16. The number of aromatic nitrogens is 2. The number of aliphatic hydroxyl groups is 1. The minimum absolute atomic E-state index is 0.0423. The number of aromatic amines is 1. The van der Waals surface area contributed by atoms with Gasteiger partial charge in [0.2, 0.25) is 0 Å². The minimum atomic E-state index is -0.441. The molecule has 2 heterocycles. The Balaban J connectivity index is 2.27. The molecule has 0 saturated carbocycles. The van der Waals surface area contributed by atoms with E-state index < -0.39 is 6.04 Å². The molecule has 0 aliphatic rings. The highest BCUT2D eigenvalue weighted by Gasteiger charge is 2.27. The molecular formula is C19H25N3O3. The van der Waals surface area contributed by atoms with E-state index in [1.807, 2.05) is 24.0 Å². The van der Waals surface area contributed by atoms with Gasteiger partial charge in [0.15, 0.2) is 11.6 Å². The Labute approximate surface area is 147 Å². The average Bonchev–Trinajstić information content (AvgIpc) is 2.88. The summed E-state index contributed by atoms with van der Waals surface area (Å²) in [5.41, 5.74) is 3.41. The number of aryl methyl sites for hydroxylation is 1. The number of rotatable bonds is 8. The molecular weight excluding hydrogens is 318 g/mol. The fraction of sp³-hybridized carbons (Fsp3) is 0.421. The summed E-state index contributed by atoms with van der Waals surface area (Å²) in [6.45, 7) is 7.75. The number of hydrogen-bond donors (Lipinski definition) is 2. The van der Waals surface area contributed by atoms with Gasteiger partial charge in [-0.1, -0.05) is 6.07 Å². The van der Waals surface area contributed by atoms with Crippen LogP contribution in [0.5, 0.6) is 0 Å². The number of carbonyl (C=O) groups excluding carboxylic acids is 2. The summed E-state index contributed by atoms with van der Waals surface area (Å²) in [5.74, 6) is -0.147. The van der Waals surface area contributed by atoms with Gasteiger partial charge in [0.1, 0.15) is 0 Å². The van der Waals surface area contributed by atoms with Crippen molar-refractivity contribution in [3.63, 3.8) is 0 Å². The van der Waals surface area contributed by atoms with E-state index in [4.69, 9.17) is 0 Å². The number of pyridine rings is 1. The van der Waals surface area contributed by atoms with Gasteiger partial charge in [-0.3, -0.25) is 19.5 Å². The Kier molecular flexibility index (Phi) is 6.22. The largest absolute Gasteiger partial charge is 0.395 e. The van der Waals surface area contributed by atoms with Crippen molar-refractivity contribution < 1.29 is 14.7 Å². The van der Waals surface area contributed by atoms with Crippen LogP contribution in [-0.4, -0.2) is 50.7 Å². The molecule has 0 aliphatic carbocycles. The van der Waals surface area contributed by atoms with E-state index in [1.54, 1.807) is 26.2 Å². The van der Waals surface area contributed by atoms with Gasteiger partial charge in [0, 0.05) is 36.7 Å². The van der Waals surface area contributed by atoms with E-state index in [2.05, 4.69) is 9.97 Å². The van der Waals surface area contributed by atoms with Gasteiger partial charge in [0.25, 0.3) is 0 Å². The predicted octanol–water partition coefficient (Wildman–Crippen LogP) is 2.29. The topological polar surface area (TPSA) is 86.3 Å². The minimum Gasteiger partial charge on any atom is -0.395 e. The van der Waals surface area contributed by atoms with Crippen molar-refractivity contribution in [1.29, 1.82) is 0 Å². The SMILES string of the molecule is CC(=O)c1c(C)[nH]c(C(=O)C(C)N(CCO)Cc2cccnc2)c1C. The van der Waals surface area contributed by atoms with Gasteiger partial charge in [-0.2, -0.15) is 0 Å². The zero-order valence-corrected chi connectivity index (χ0v) is 15.2. The maximum absolute atomic E-state index is 13.0. The number of nitrogens with zero attached hydrogens (tertiary/aromatic N) is 2. The number of hydrogen-bond acceptors (Lipinski definition) is 5. The van der Waals surface area contributed by atoms with Crippen molar-refractivity contribution in [2.45, 2.75) is 40.3 Å². The summed E-state index contributed by atoms with van der Waals surface area (Å²) in [6, 6.07) is 3.34. The Morgan fingerprint density at radius 3 is 2.60 bits per heavy atom. The second-order valence-corrected chi connectivity index (χ2v) is 6.28. The molecule has 1 unspecified atom stereocenters. The summed E-state index contributed by atoms with van der Waals surface area (Å²) in [6.07, 6.45) is 3.45. The van der Waals surface area contributed by atoms with E-state index in [1.165, 1.54) is 6.92 Å². The molecule has 0 bridgehead atoms. The third-order valence-corrected chi connectivity index (χ3v) is 4.46. The Morgan fingerprint density at radius 2 is 2.08 bits per heavy atom. The molecule has 0 fully saturated rings. The van der Waals surface area contributed by atoms with Crippen LogP contribution in [0.1, 0.15) is 51.5 Å². The molecule has 25 heavy (non-hydrogen) atoms. The molecule has 134 valence electrons. The van der Waals surface area contributed by atoms with Crippen LogP contribution in [-0.2, 0) is 6.54 Å². The molecule has 0 radical (unpaired) electrons. The lowest BCUT2D eigenvalue weighted by atomic mass is 10.0. The fourth-order valence-corrected chi connectivity index (χ4v) is 3.16. The number of carbonyl (C=O) groups is 2. The summed E-state index contributed by atoms with van der Waals surface area (Å²) < 4.78 is 0. The van der Waals surface area contributed by atoms with E-state index in [9.17, 15) is 14.7 Å². The standard InChI is InChI=1S/C19H25N3O3/c1-12-17(15(4)24)13(2)21-18(12)19(25)14(3)22(8-9-23)11-16-6-5-7-20-10-16/h5-7,10,14,21,23H,8-9,11H2,1-4H3. The Hall–Kier alpha value is -2.31. The quantitative estimate of drug-likeness (QED) is 0.718. The van der Waals surface area contributed by atoms with E-state index in [0.717, 1.165) is 5.56 Å². The smallest absolute Gasteiger partial charge is 0.196 e. The van der Waals surface area contributed by atoms with Crippen molar-refractivity contribution in [3.8, 4) is 0 Å². The van der Waals surface area contributed by atoms with Crippen molar-refractivity contribution in [2.24, 2.45) is 0 Å². The van der Waals surface area contributed by atoms with Crippen molar-refractivity contribution in [2.75, 3.05) is 13.2 Å². The molecule has 0 aromatic carbocycles. The van der Waals surface area contributed by atoms with E-state index >= 15 is 0 Å². The third kappa shape index (κ3) is 4.21. The maximum Gasteiger partial charge on any atom is 0.196 e. The highest BCUT2D eigenvalue weighted by molar-refractivity contribution is 6.05. The normalized spacial score (nSPS) is 12.4. The molecule has 2 aromatic rings. The first-order chi connectivity index (χ1) is 11.9. The van der Waals surface area contributed by atoms with Gasteiger partial charge < -0.3 is 10.1 Å². The molecule has 2 rings (SSSR count). The van der Waals surface area contributed by atoms with Crippen LogP contribution in [0.2, 0.25) is 0 Å². The van der Waals surface area contributed by atoms with Crippen molar-refractivity contribution in [3.05, 3.63) is 52.6 Å². The summed E-state index contributed by atoms with van der Waals surface area (Å²) >= 11 is 0. The van der Waals surface area contributed by atoms with Crippen LogP contribution in [0.25, 0.3) is 0 Å². The first-order valence-corrected chi connectivity index (χ1v) is 8.35. The van der Waals surface area contributed by atoms with Gasteiger partial charge in [-0.05, 0) is 44.9 Å². The monoisotopic (exact) mass is 343 g/mol. The second kappa shape index (κ2) is 8.18. The first kappa shape index (κ1) is 19.0. The predicted molar refractivity (Wildman–Crippen MR) is 95.8 cm³/mol. The number of nitrogens with one attached hydrogen (secondary N) is 1. The second-order valence-electron chi connectivity index (χ2n) is 6.28. The highest BCUT2D eigenvalue weighted by Crippen LogP contribution is 2.21. The summed E-state index contributed by atoms with van der Waals surface area (Å²) in [4.78, 5) is 33.8. The molecule has 1 atom stereocenters. The van der Waals surface area contributed by atoms with Gasteiger partial charge in [-0.15, -0.1) is 0 Å². The lowest BCUT2D eigenvalue weighted by molar-refractivity contribution is 0.0789. The number of H-pyrrole nitrogens is 1. The van der Waals surface area contributed by atoms with Gasteiger partial charge in [-0.25, -0.2) is 0 Å². The zero-order chi connectivity index (χ0) is 18.6. The van der Waals surface area contributed by atoms with E-state index in [0.29, 0.717) is 35.6 Å². The summed E-state index contributed by atoms with van der Waals surface area (Å²) in [7, 11) is 0. The Morgan fingerprint density at radius 1 is 1.36 bits per heavy atom. The molecule has 0 spiro atoms. The van der Waals surface area contributed by atoms with Crippen LogP contribution in [0, 0.1) is 13.8 Å².